The Morgan fingerprint density at radius 2 is 1.13 bits per heavy atom. The molecule has 10 aliphatic heterocycles. The zero-order chi connectivity index (χ0) is 9.72. The Morgan fingerprint density at radius 1 is 0.800 bits per heavy atom. The summed E-state index contributed by atoms with van der Waals surface area (Å²) in [6, 6.07) is 0. The van der Waals surface area contributed by atoms with E-state index in [2.05, 4.69) is 12.2 Å². The Morgan fingerprint density at radius 3 is 1.13 bits per heavy atom. The Labute approximate surface area is 80.7 Å². The van der Waals surface area contributed by atoms with Crippen LogP contribution in [0, 0.1) is 0 Å². The van der Waals surface area contributed by atoms with E-state index in [0.717, 1.165) is 0 Å². The third kappa shape index (κ3) is 0.0495. The Balaban J connectivity index is 0.000000165. The van der Waals surface area contributed by atoms with Crippen LogP contribution in [0.25, 0.3) is 0 Å². The van der Waals surface area contributed by atoms with Gasteiger partial charge in [0.05, 0.1) is 0 Å². The normalized spacial score (nSPS) is 132. The van der Waals surface area contributed by atoms with Gasteiger partial charge in [-0.05, 0) is 14.1 Å². The summed E-state index contributed by atoms with van der Waals surface area (Å²) in [5.41, 5.74) is 0. The summed E-state index contributed by atoms with van der Waals surface area (Å²) in [5.74, 6) is 0. The van der Waals surface area contributed by atoms with E-state index in [9.17, 15) is 0 Å². The van der Waals surface area contributed by atoms with Crippen LogP contribution in [-0.4, -0.2) is 14.1 Å². The quantitative estimate of drug-likeness (QED) is 0.643. The summed E-state index contributed by atoms with van der Waals surface area (Å²) in [6.45, 7) is 0.365. The summed E-state index contributed by atoms with van der Waals surface area (Å²) in [6.07, 6.45) is 0. The fourth-order valence-electron chi connectivity index (χ4n) is 17.3. The fourth-order valence-corrected chi connectivity index (χ4v) is 92.6. The first-order chi connectivity index (χ1) is 6.96. The van der Waals surface area contributed by atoms with E-state index in [1.807, 2.05) is 14.1 Å². The monoisotopic (exact) mass is 245 g/mol. The molecule has 4 atom stereocenters. The van der Waals surface area contributed by atoms with E-state index < -0.39 is 6.51 Å². The minimum atomic E-state index is -2.45. The topological polar surface area (TPSA) is 12.0 Å². The molecular weight excluding hydrogens is 226 g/mol. The molecule has 10 saturated heterocycles. The van der Waals surface area contributed by atoms with Crippen molar-refractivity contribution in [1.29, 1.82) is 0 Å². The van der Waals surface area contributed by atoms with Crippen molar-refractivity contribution in [3.63, 3.8) is 0 Å². The van der Waals surface area contributed by atoms with E-state index in [1.165, 1.54) is 13.9 Å². The second-order valence-electron chi connectivity index (χ2n) is 10.6. The van der Waals surface area contributed by atoms with Crippen molar-refractivity contribution in [2.24, 2.45) is 0 Å². The molecule has 0 aromatic carbocycles. The van der Waals surface area contributed by atoms with Crippen LogP contribution in [0.1, 0.15) is 6.92 Å². The van der Waals surface area contributed by atoms with Gasteiger partial charge < -0.3 is 5.32 Å². The Kier molecular flexibility index (Phi) is 0.163. The van der Waals surface area contributed by atoms with Gasteiger partial charge in [0.15, 0.2) is 0 Å². The van der Waals surface area contributed by atoms with Crippen LogP contribution in [0.2, 0.25) is 47.7 Å². The predicted octanol–water partition coefficient (Wildman–Crippen LogP) is 3.60. The van der Waals surface area contributed by atoms with E-state index in [-0.39, 0.29) is 0 Å². The van der Waals surface area contributed by atoms with Crippen molar-refractivity contribution >= 4 is 0 Å². The number of rotatable bonds is 0. The molecule has 1 nitrogen and oxygen atoms in total. The molecule has 1 spiro atoms. The molecule has 0 aliphatic carbocycles. The molecular formula is C13H19FeN. The molecule has 15 heavy (non-hydrogen) atoms. The SMILES string of the molecule is CNC.C[C]12[CH]3[CH]4[CH]5[CH]1[Fe]45321678[CH]2[CH]1[CH]6[CH]7[CH]28. The van der Waals surface area contributed by atoms with E-state index in [4.69, 9.17) is 0 Å². The molecule has 10 heterocycles. The number of fused-ring (bicyclic) bond motifs is 10. The van der Waals surface area contributed by atoms with Gasteiger partial charge in [0.1, 0.15) is 0 Å². The molecule has 84 valence electrons. The average molecular weight is 245 g/mol. The number of nitrogens with one attached hydrogen (secondary N) is 1. The Bertz CT molecular complexity index is 771. The van der Waals surface area contributed by atoms with Crippen LogP contribution in [0.15, 0.2) is 0 Å². The average Bonchev–Trinajstić information content (AvgIpc) is 3.13. The molecule has 10 rings (SSSR count). The number of hydrogen-bond acceptors (Lipinski definition) is 1. The van der Waals surface area contributed by atoms with Gasteiger partial charge in [-0.1, -0.05) is 0 Å². The summed E-state index contributed by atoms with van der Waals surface area (Å²) in [5, 5.41) is 2.75. The van der Waals surface area contributed by atoms with Crippen molar-refractivity contribution in [2.75, 3.05) is 14.1 Å². The van der Waals surface area contributed by atoms with E-state index in [0.29, 0.717) is 0 Å². The summed E-state index contributed by atoms with van der Waals surface area (Å²) in [7, 11) is 3.75. The first-order valence-corrected chi connectivity index (χ1v) is 13.0. The maximum absolute atomic E-state index is 2.82. The molecule has 0 radical (unpaired) electrons. The third-order valence-electron chi connectivity index (χ3n) is 15.4. The maximum atomic E-state index is 2.82. The molecule has 0 aromatic rings. The van der Waals surface area contributed by atoms with Gasteiger partial charge >= 0.3 is 61.1 Å². The van der Waals surface area contributed by atoms with Crippen LogP contribution >= 0.6 is 0 Å². The van der Waals surface area contributed by atoms with Gasteiger partial charge in [-0.3, -0.25) is 0 Å². The van der Waals surface area contributed by atoms with Gasteiger partial charge in [-0.15, -0.1) is 0 Å². The Hall–Kier alpha value is 0.479. The zero-order valence-electron chi connectivity index (χ0n) is 9.55. The predicted molar refractivity (Wildman–Crippen MR) is 57.1 cm³/mol. The van der Waals surface area contributed by atoms with Crippen molar-refractivity contribution in [2.45, 2.75) is 54.6 Å². The molecule has 2 heteroatoms. The summed E-state index contributed by atoms with van der Waals surface area (Å²) >= 11 is 0. The summed E-state index contributed by atoms with van der Waals surface area (Å²) < 4.78 is 1.19. The molecule has 10 aliphatic rings. The molecule has 0 aromatic heterocycles. The fraction of sp³-hybridized carbons (Fsp3) is 1.00. The van der Waals surface area contributed by atoms with Crippen molar-refractivity contribution < 1.29 is 6.51 Å². The second kappa shape index (κ2) is 0.416. The van der Waals surface area contributed by atoms with Crippen molar-refractivity contribution in [3.8, 4) is 0 Å². The molecule has 1 N–H and O–H groups in total. The van der Waals surface area contributed by atoms with Gasteiger partial charge in [-0.2, -0.15) is 0 Å². The molecule has 0 saturated carbocycles. The van der Waals surface area contributed by atoms with Crippen LogP contribution in [-0.2, 0) is 6.51 Å². The first kappa shape index (κ1) is 5.89. The van der Waals surface area contributed by atoms with Gasteiger partial charge in [0, 0.05) is 0 Å². The summed E-state index contributed by atoms with van der Waals surface area (Å²) in [4.78, 5) is 14.0. The van der Waals surface area contributed by atoms with Crippen LogP contribution < -0.4 is 5.32 Å². The second-order valence-corrected chi connectivity index (χ2v) is 34.4. The third-order valence-corrected chi connectivity index (χ3v) is 59.2. The molecule has 0 bridgehead atoms. The number of hydrogen-bond donors (Lipinski definition) is 1. The van der Waals surface area contributed by atoms with Crippen LogP contribution in [0.5, 0.6) is 0 Å². The minimum absolute atomic E-state index is 1.19. The molecule has 10 fully saturated rings. The molecule has 4 unspecified atom stereocenters. The van der Waals surface area contributed by atoms with Gasteiger partial charge in [0.2, 0.25) is 0 Å². The van der Waals surface area contributed by atoms with Crippen molar-refractivity contribution in [3.05, 3.63) is 0 Å². The van der Waals surface area contributed by atoms with E-state index in [1.54, 1.807) is 33.7 Å². The first-order valence-electron chi connectivity index (χ1n) is 6.76. The molecule has 0 amide bonds. The van der Waals surface area contributed by atoms with Crippen LogP contribution in [0.3, 0.4) is 0 Å². The van der Waals surface area contributed by atoms with Gasteiger partial charge in [0.25, 0.3) is 0 Å². The van der Waals surface area contributed by atoms with Gasteiger partial charge in [-0.25, -0.2) is 0 Å². The zero-order valence-corrected chi connectivity index (χ0v) is 10.7. The van der Waals surface area contributed by atoms with E-state index >= 15 is 0 Å². The standard InChI is InChI=1S/C6H7.C5H5.C2H7N.Fe/c1-6-4-2-3-5-6;1-2-4-5-3-1;1-3-2;/h2-5H,1H3;1-5H;3H,1-2H3;. The van der Waals surface area contributed by atoms with Crippen LogP contribution in [0.4, 0.5) is 0 Å². The van der Waals surface area contributed by atoms with Crippen molar-refractivity contribution in [1.82, 2.24) is 5.32 Å².